The molecule has 0 fully saturated rings. The lowest BCUT2D eigenvalue weighted by Crippen LogP contribution is -2.37. The number of nitrogens with one attached hydrogen (secondary N) is 1. The number of aryl methyl sites for hydroxylation is 1. The average molecular weight is 342 g/mol. The van der Waals surface area contributed by atoms with Crippen LogP contribution >= 0.6 is 15.9 Å². The highest BCUT2D eigenvalue weighted by molar-refractivity contribution is 9.09. The Morgan fingerprint density at radius 1 is 1.30 bits per heavy atom. The van der Waals surface area contributed by atoms with Crippen molar-refractivity contribution < 1.29 is 9.53 Å². The van der Waals surface area contributed by atoms with E-state index in [0.29, 0.717) is 12.3 Å². The number of carbonyl (C=O) groups excluding carboxylic acids is 1. The molecular formula is C16H24BrNO2. The summed E-state index contributed by atoms with van der Waals surface area (Å²) in [4.78, 5) is 11.9. The summed E-state index contributed by atoms with van der Waals surface area (Å²) in [7, 11) is 1.65. The first-order chi connectivity index (χ1) is 9.55. The molecule has 0 aliphatic carbocycles. The molecule has 0 aliphatic heterocycles. The van der Waals surface area contributed by atoms with Crippen LogP contribution in [0.5, 0.6) is 5.75 Å². The van der Waals surface area contributed by atoms with Crippen LogP contribution in [0.3, 0.4) is 0 Å². The van der Waals surface area contributed by atoms with Crippen molar-refractivity contribution in [1.82, 2.24) is 5.32 Å². The Morgan fingerprint density at radius 3 is 2.45 bits per heavy atom. The van der Waals surface area contributed by atoms with Crippen molar-refractivity contribution in [3.8, 4) is 5.75 Å². The van der Waals surface area contributed by atoms with E-state index in [9.17, 15) is 4.79 Å². The van der Waals surface area contributed by atoms with Crippen LogP contribution in [-0.4, -0.2) is 24.4 Å². The van der Waals surface area contributed by atoms with E-state index in [4.69, 9.17) is 4.74 Å². The zero-order valence-electron chi connectivity index (χ0n) is 12.5. The van der Waals surface area contributed by atoms with Gasteiger partial charge >= 0.3 is 0 Å². The molecule has 0 heterocycles. The number of alkyl halides is 1. The second-order valence-corrected chi connectivity index (χ2v) is 6.04. The van der Waals surface area contributed by atoms with Crippen LogP contribution in [0, 0.1) is 5.92 Å². The van der Waals surface area contributed by atoms with Crippen molar-refractivity contribution in [1.29, 1.82) is 0 Å². The summed E-state index contributed by atoms with van der Waals surface area (Å²) in [6.45, 7) is 4.33. The first-order valence-corrected chi connectivity index (χ1v) is 8.15. The largest absolute Gasteiger partial charge is 0.497 e. The van der Waals surface area contributed by atoms with Gasteiger partial charge in [-0.3, -0.25) is 4.79 Å². The fourth-order valence-electron chi connectivity index (χ4n) is 2.08. The molecule has 1 aromatic rings. The van der Waals surface area contributed by atoms with Gasteiger partial charge in [-0.2, -0.15) is 0 Å². The summed E-state index contributed by atoms with van der Waals surface area (Å²) in [5, 5.41) is 3.89. The van der Waals surface area contributed by atoms with E-state index >= 15 is 0 Å². The van der Waals surface area contributed by atoms with Gasteiger partial charge in [0.05, 0.1) is 7.11 Å². The fourth-order valence-corrected chi connectivity index (χ4v) is 2.51. The van der Waals surface area contributed by atoms with Crippen molar-refractivity contribution in [2.45, 2.75) is 39.2 Å². The minimum Gasteiger partial charge on any atom is -0.497 e. The highest BCUT2D eigenvalue weighted by Crippen LogP contribution is 2.13. The van der Waals surface area contributed by atoms with Crippen LogP contribution in [0.2, 0.25) is 0 Å². The highest BCUT2D eigenvalue weighted by atomic mass is 79.9. The number of benzene rings is 1. The number of ether oxygens (including phenoxy) is 1. The van der Waals surface area contributed by atoms with E-state index in [1.54, 1.807) is 7.11 Å². The lowest BCUT2D eigenvalue weighted by atomic mass is 10.0. The van der Waals surface area contributed by atoms with Crippen LogP contribution in [-0.2, 0) is 11.2 Å². The maximum atomic E-state index is 11.9. The van der Waals surface area contributed by atoms with Crippen LogP contribution in [0.25, 0.3) is 0 Å². The summed E-state index contributed by atoms with van der Waals surface area (Å²) in [5.41, 5.74) is 1.15. The van der Waals surface area contributed by atoms with Gasteiger partial charge < -0.3 is 10.1 Å². The Balaban J connectivity index is 2.37. The molecule has 0 spiro atoms. The third-order valence-electron chi connectivity index (χ3n) is 3.11. The molecule has 3 nitrogen and oxygen atoms in total. The molecule has 4 heteroatoms. The second kappa shape index (κ2) is 9.01. The Bertz CT molecular complexity index is 403. The SMILES string of the molecule is COc1ccc(CCC(=O)NC(CBr)CC(C)C)cc1. The molecule has 1 atom stereocenters. The van der Waals surface area contributed by atoms with Gasteiger partial charge in [0.2, 0.25) is 5.91 Å². The lowest BCUT2D eigenvalue weighted by Gasteiger charge is -2.18. The molecule has 0 aromatic heterocycles. The molecule has 112 valence electrons. The van der Waals surface area contributed by atoms with Crippen molar-refractivity contribution in [3.05, 3.63) is 29.8 Å². The van der Waals surface area contributed by atoms with E-state index in [2.05, 4.69) is 35.1 Å². The minimum absolute atomic E-state index is 0.117. The van der Waals surface area contributed by atoms with Crippen LogP contribution in [0.1, 0.15) is 32.3 Å². The smallest absolute Gasteiger partial charge is 0.220 e. The van der Waals surface area contributed by atoms with E-state index in [1.165, 1.54) is 0 Å². The van der Waals surface area contributed by atoms with Crippen LogP contribution in [0.15, 0.2) is 24.3 Å². The zero-order valence-corrected chi connectivity index (χ0v) is 14.1. The Hall–Kier alpha value is -1.03. The number of methoxy groups -OCH3 is 1. The molecule has 0 radical (unpaired) electrons. The Kier molecular flexibility index (Phi) is 7.67. The van der Waals surface area contributed by atoms with Gasteiger partial charge in [-0.15, -0.1) is 0 Å². The van der Waals surface area contributed by atoms with E-state index in [-0.39, 0.29) is 11.9 Å². The summed E-state index contributed by atoms with van der Waals surface area (Å²) in [6.07, 6.45) is 2.28. The Morgan fingerprint density at radius 2 is 1.95 bits per heavy atom. The number of halogens is 1. The molecule has 1 N–H and O–H groups in total. The van der Waals surface area contributed by atoms with Gasteiger partial charge in [-0.25, -0.2) is 0 Å². The summed E-state index contributed by atoms with van der Waals surface area (Å²) < 4.78 is 5.11. The predicted octanol–water partition coefficient (Wildman–Crippen LogP) is 3.55. The number of carbonyl (C=O) groups is 1. The van der Waals surface area contributed by atoms with Crippen molar-refractivity contribution in [3.63, 3.8) is 0 Å². The number of hydrogen-bond acceptors (Lipinski definition) is 2. The normalized spacial score (nSPS) is 12.2. The van der Waals surface area contributed by atoms with Crippen LogP contribution in [0.4, 0.5) is 0 Å². The maximum Gasteiger partial charge on any atom is 0.220 e. The predicted molar refractivity (Wildman–Crippen MR) is 86.5 cm³/mol. The van der Waals surface area contributed by atoms with Gasteiger partial charge in [-0.1, -0.05) is 41.9 Å². The van der Waals surface area contributed by atoms with E-state index < -0.39 is 0 Å². The van der Waals surface area contributed by atoms with Crippen molar-refractivity contribution in [2.24, 2.45) is 5.92 Å². The van der Waals surface area contributed by atoms with Crippen LogP contribution < -0.4 is 10.1 Å². The third kappa shape index (κ3) is 6.42. The number of hydrogen-bond donors (Lipinski definition) is 1. The van der Waals surface area contributed by atoms with Gasteiger partial charge in [0, 0.05) is 17.8 Å². The maximum absolute atomic E-state index is 11.9. The lowest BCUT2D eigenvalue weighted by molar-refractivity contribution is -0.121. The van der Waals surface area contributed by atoms with Crippen molar-refractivity contribution >= 4 is 21.8 Å². The third-order valence-corrected chi connectivity index (χ3v) is 3.89. The topological polar surface area (TPSA) is 38.3 Å². The second-order valence-electron chi connectivity index (χ2n) is 5.40. The molecule has 1 aromatic carbocycles. The zero-order chi connectivity index (χ0) is 15.0. The molecule has 0 bridgehead atoms. The molecule has 0 saturated heterocycles. The molecule has 1 amide bonds. The van der Waals surface area contributed by atoms with Gasteiger partial charge in [0.1, 0.15) is 5.75 Å². The van der Waals surface area contributed by atoms with E-state index in [0.717, 1.165) is 29.5 Å². The molecule has 0 aliphatic rings. The van der Waals surface area contributed by atoms with Gasteiger partial charge in [0.25, 0.3) is 0 Å². The van der Waals surface area contributed by atoms with Gasteiger partial charge in [0.15, 0.2) is 0 Å². The fraction of sp³-hybridized carbons (Fsp3) is 0.562. The first kappa shape index (κ1) is 17.0. The highest BCUT2D eigenvalue weighted by Gasteiger charge is 2.12. The molecule has 0 saturated carbocycles. The van der Waals surface area contributed by atoms with E-state index in [1.807, 2.05) is 24.3 Å². The monoisotopic (exact) mass is 341 g/mol. The van der Waals surface area contributed by atoms with Crippen molar-refractivity contribution in [2.75, 3.05) is 12.4 Å². The number of amides is 1. The standard InChI is InChI=1S/C16H24BrNO2/c1-12(2)10-14(11-17)18-16(19)9-6-13-4-7-15(20-3)8-5-13/h4-5,7-8,12,14H,6,9-11H2,1-3H3,(H,18,19). The summed E-state index contributed by atoms with van der Waals surface area (Å²) in [6, 6.07) is 8.07. The summed E-state index contributed by atoms with van der Waals surface area (Å²) in [5.74, 6) is 1.54. The minimum atomic E-state index is 0.117. The number of rotatable bonds is 8. The molecule has 1 rings (SSSR count). The average Bonchev–Trinajstić information content (AvgIpc) is 2.44. The molecular weight excluding hydrogens is 318 g/mol. The van der Waals surface area contributed by atoms with Gasteiger partial charge in [-0.05, 0) is 36.5 Å². The summed E-state index contributed by atoms with van der Waals surface area (Å²) >= 11 is 3.46. The molecule has 20 heavy (non-hydrogen) atoms. The quantitative estimate of drug-likeness (QED) is 0.734. The Labute approximate surface area is 130 Å². The molecule has 1 unspecified atom stereocenters. The first-order valence-electron chi connectivity index (χ1n) is 7.03.